The van der Waals surface area contributed by atoms with Crippen LogP contribution in [0.5, 0.6) is 11.5 Å². The third-order valence-electron chi connectivity index (χ3n) is 5.51. The largest absolute Gasteiger partial charge is 0.466 e. The highest BCUT2D eigenvalue weighted by atomic mass is 16.7. The predicted molar refractivity (Wildman–Crippen MR) is 119 cm³/mol. The van der Waals surface area contributed by atoms with Crippen molar-refractivity contribution < 1.29 is 18.7 Å². The third kappa shape index (κ3) is 3.47. The van der Waals surface area contributed by atoms with Crippen molar-refractivity contribution in [2.45, 2.75) is 40.3 Å². The Morgan fingerprint density at radius 1 is 1.16 bits per heavy atom. The lowest BCUT2D eigenvalue weighted by atomic mass is 10.1. The molecule has 0 bridgehead atoms. The Morgan fingerprint density at radius 2 is 1.97 bits per heavy atom. The molecular formula is C24H24N4O4. The first-order valence-electron chi connectivity index (χ1n) is 10.5. The maximum absolute atomic E-state index is 13.3. The van der Waals surface area contributed by atoms with Gasteiger partial charge in [0.25, 0.3) is 5.91 Å². The van der Waals surface area contributed by atoms with Gasteiger partial charge >= 0.3 is 0 Å². The second-order valence-electron chi connectivity index (χ2n) is 8.17. The summed E-state index contributed by atoms with van der Waals surface area (Å²) in [6.07, 6.45) is 1.70. The van der Waals surface area contributed by atoms with Gasteiger partial charge in [-0.1, -0.05) is 6.07 Å². The molecule has 8 nitrogen and oxygen atoms in total. The zero-order chi connectivity index (χ0) is 22.4. The predicted octanol–water partition coefficient (Wildman–Crippen LogP) is 4.55. The van der Waals surface area contributed by atoms with Crippen molar-refractivity contribution in [3.63, 3.8) is 0 Å². The Balaban J connectivity index is 1.51. The van der Waals surface area contributed by atoms with E-state index in [1.54, 1.807) is 12.3 Å². The molecule has 3 aromatic heterocycles. The molecule has 4 aromatic rings. The van der Waals surface area contributed by atoms with Gasteiger partial charge < -0.3 is 19.2 Å². The second kappa shape index (κ2) is 7.71. The number of hydrogen-bond donors (Lipinski definition) is 1. The number of aryl methyl sites for hydroxylation is 2. The van der Waals surface area contributed by atoms with E-state index in [9.17, 15) is 4.79 Å². The summed E-state index contributed by atoms with van der Waals surface area (Å²) in [4.78, 5) is 18.1. The van der Waals surface area contributed by atoms with Gasteiger partial charge in [0.05, 0.1) is 22.8 Å². The zero-order valence-corrected chi connectivity index (χ0v) is 18.4. The van der Waals surface area contributed by atoms with E-state index in [1.165, 1.54) is 0 Å². The molecule has 8 heteroatoms. The molecule has 0 spiro atoms. The van der Waals surface area contributed by atoms with Gasteiger partial charge in [-0.25, -0.2) is 9.67 Å². The average molecular weight is 432 g/mol. The van der Waals surface area contributed by atoms with Crippen LogP contribution in [-0.4, -0.2) is 27.5 Å². The summed E-state index contributed by atoms with van der Waals surface area (Å²) in [5.41, 5.74) is 3.67. The van der Waals surface area contributed by atoms with Crippen LogP contribution in [0.25, 0.3) is 22.3 Å². The number of amides is 1. The normalized spacial score (nSPS) is 12.7. The Bertz CT molecular complexity index is 1340. The lowest BCUT2D eigenvalue weighted by molar-refractivity contribution is 0.0952. The van der Waals surface area contributed by atoms with E-state index in [4.69, 9.17) is 18.9 Å². The molecule has 0 saturated carbocycles. The summed E-state index contributed by atoms with van der Waals surface area (Å²) in [6, 6.07) is 9.49. The van der Waals surface area contributed by atoms with Crippen LogP contribution in [0.3, 0.4) is 0 Å². The molecule has 1 N–H and O–H groups in total. The van der Waals surface area contributed by atoms with Crippen molar-refractivity contribution in [3.8, 4) is 22.8 Å². The fourth-order valence-electron chi connectivity index (χ4n) is 3.94. The van der Waals surface area contributed by atoms with Crippen LogP contribution in [0.4, 0.5) is 0 Å². The molecular weight excluding hydrogens is 408 g/mol. The van der Waals surface area contributed by atoms with Gasteiger partial charge in [-0.3, -0.25) is 4.79 Å². The lowest BCUT2D eigenvalue weighted by Gasteiger charge is -2.11. The van der Waals surface area contributed by atoms with Crippen LogP contribution < -0.4 is 14.8 Å². The van der Waals surface area contributed by atoms with Crippen molar-refractivity contribution >= 4 is 16.9 Å². The number of furan rings is 1. The maximum Gasteiger partial charge on any atom is 0.252 e. The van der Waals surface area contributed by atoms with Crippen LogP contribution in [0.2, 0.25) is 0 Å². The molecule has 1 aliphatic rings. The van der Waals surface area contributed by atoms with Crippen LogP contribution in [0.15, 0.2) is 40.9 Å². The second-order valence-corrected chi connectivity index (χ2v) is 8.17. The highest BCUT2D eigenvalue weighted by Gasteiger charge is 2.20. The fourth-order valence-corrected chi connectivity index (χ4v) is 3.94. The highest BCUT2D eigenvalue weighted by molar-refractivity contribution is 6.06. The monoisotopic (exact) mass is 432 g/mol. The van der Waals surface area contributed by atoms with E-state index in [0.717, 1.165) is 22.6 Å². The summed E-state index contributed by atoms with van der Waals surface area (Å²) in [5, 5.41) is 8.20. The standard InChI is InChI=1S/C24H24N4O4/c1-13(2)28-23-19(11-26-28)18(9-20(27-23)17-7-14(3)32-15(17)4)24(29)25-10-16-5-6-21-22(8-16)31-12-30-21/h5-9,11,13H,10,12H2,1-4H3,(H,25,29). The fraction of sp³-hybridized carbons (Fsp3) is 0.292. The molecule has 0 radical (unpaired) electrons. The number of nitrogens with zero attached hydrogens (tertiary/aromatic N) is 3. The molecule has 1 aliphatic heterocycles. The molecule has 0 fully saturated rings. The quantitative estimate of drug-likeness (QED) is 0.498. The van der Waals surface area contributed by atoms with Gasteiger partial charge in [0.2, 0.25) is 6.79 Å². The molecule has 164 valence electrons. The number of carbonyl (C=O) groups is 1. The van der Waals surface area contributed by atoms with E-state index < -0.39 is 0 Å². The topological polar surface area (TPSA) is 91.4 Å². The molecule has 1 aromatic carbocycles. The summed E-state index contributed by atoms with van der Waals surface area (Å²) in [5.74, 6) is 2.77. The number of aromatic nitrogens is 3. The Labute approximate surface area is 185 Å². The van der Waals surface area contributed by atoms with Gasteiger partial charge in [-0.05, 0) is 57.5 Å². The summed E-state index contributed by atoms with van der Waals surface area (Å²) in [6.45, 7) is 8.44. The van der Waals surface area contributed by atoms with Gasteiger partial charge in [0, 0.05) is 18.2 Å². The minimum Gasteiger partial charge on any atom is -0.466 e. The number of nitrogens with one attached hydrogen (secondary N) is 1. The van der Waals surface area contributed by atoms with Crippen molar-refractivity contribution in [1.29, 1.82) is 0 Å². The Kier molecular flexibility index (Phi) is 4.84. The van der Waals surface area contributed by atoms with Crippen LogP contribution in [0, 0.1) is 13.8 Å². The Hall–Kier alpha value is -3.81. The number of benzene rings is 1. The minimum absolute atomic E-state index is 0.104. The highest BCUT2D eigenvalue weighted by Crippen LogP contribution is 2.33. The van der Waals surface area contributed by atoms with Crippen LogP contribution in [-0.2, 0) is 6.54 Å². The smallest absolute Gasteiger partial charge is 0.252 e. The number of hydrogen-bond acceptors (Lipinski definition) is 6. The van der Waals surface area contributed by atoms with E-state index in [0.29, 0.717) is 40.3 Å². The van der Waals surface area contributed by atoms with Gasteiger partial charge in [0.1, 0.15) is 11.5 Å². The number of pyridine rings is 1. The molecule has 5 rings (SSSR count). The SMILES string of the molecule is Cc1cc(-c2cc(C(=O)NCc3ccc4c(c3)OCO4)c3cnn(C(C)C)c3n2)c(C)o1. The van der Waals surface area contributed by atoms with Crippen molar-refractivity contribution in [3.05, 3.63) is 59.2 Å². The Morgan fingerprint density at radius 3 is 2.72 bits per heavy atom. The third-order valence-corrected chi connectivity index (χ3v) is 5.51. The van der Waals surface area contributed by atoms with Crippen LogP contribution in [0.1, 0.15) is 47.3 Å². The van der Waals surface area contributed by atoms with Gasteiger partial charge in [-0.2, -0.15) is 5.10 Å². The molecule has 32 heavy (non-hydrogen) atoms. The van der Waals surface area contributed by atoms with E-state index >= 15 is 0 Å². The van der Waals surface area contributed by atoms with E-state index in [-0.39, 0.29) is 18.7 Å². The first kappa shape index (κ1) is 20.1. The molecule has 0 unspecified atom stereocenters. The van der Waals surface area contributed by atoms with Crippen molar-refractivity contribution in [2.24, 2.45) is 0 Å². The lowest BCUT2D eigenvalue weighted by Crippen LogP contribution is -2.23. The van der Waals surface area contributed by atoms with E-state index in [2.05, 4.69) is 10.4 Å². The molecule has 0 atom stereocenters. The average Bonchev–Trinajstić information content (AvgIpc) is 3.48. The first-order valence-corrected chi connectivity index (χ1v) is 10.5. The summed E-state index contributed by atoms with van der Waals surface area (Å²) >= 11 is 0. The summed E-state index contributed by atoms with van der Waals surface area (Å²) < 4.78 is 18.3. The van der Waals surface area contributed by atoms with Gasteiger partial charge in [-0.15, -0.1) is 0 Å². The zero-order valence-electron chi connectivity index (χ0n) is 18.4. The summed E-state index contributed by atoms with van der Waals surface area (Å²) in [7, 11) is 0. The van der Waals surface area contributed by atoms with E-state index in [1.807, 2.05) is 56.6 Å². The molecule has 4 heterocycles. The first-order chi connectivity index (χ1) is 15.4. The van der Waals surface area contributed by atoms with Gasteiger partial charge in [0.15, 0.2) is 17.1 Å². The van der Waals surface area contributed by atoms with Crippen LogP contribution >= 0.6 is 0 Å². The minimum atomic E-state index is -0.197. The maximum atomic E-state index is 13.3. The number of rotatable bonds is 5. The van der Waals surface area contributed by atoms with Crippen molar-refractivity contribution in [1.82, 2.24) is 20.1 Å². The number of carbonyl (C=O) groups excluding carboxylic acids is 1. The molecule has 0 saturated heterocycles. The number of ether oxygens (including phenoxy) is 2. The number of fused-ring (bicyclic) bond motifs is 2. The van der Waals surface area contributed by atoms with Crippen molar-refractivity contribution in [2.75, 3.05) is 6.79 Å². The molecule has 0 aliphatic carbocycles. The molecule has 1 amide bonds.